The van der Waals surface area contributed by atoms with E-state index in [9.17, 15) is 4.79 Å². The molecule has 2 aromatic carbocycles. The highest BCUT2D eigenvalue weighted by molar-refractivity contribution is 5.92. The second-order valence-corrected chi connectivity index (χ2v) is 4.08. The van der Waals surface area contributed by atoms with Crippen LogP contribution in [-0.4, -0.2) is 5.91 Å². The van der Waals surface area contributed by atoms with Crippen molar-refractivity contribution in [3.05, 3.63) is 65.7 Å². The number of hydrogen-bond donors (Lipinski definition) is 1. The Kier molecular flexibility index (Phi) is 3.55. The fourth-order valence-electron chi connectivity index (χ4n) is 1.71. The van der Waals surface area contributed by atoms with Crippen LogP contribution >= 0.6 is 0 Å². The molecule has 0 spiro atoms. The van der Waals surface area contributed by atoms with Gasteiger partial charge in [-0.3, -0.25) is 4.79 Å². The molecule has 0 bridgehead atoms. The number of aryl methyl sites for hydroxylation is 1. The van der Waals surface area contributed by atoms with Gasteiger partial charge in [0.1, 0.15) is 0 Å². The average molecular weight is 225 g/mol. The first-order chi connectivity index (χ1) is 8.24. The van der Waals surface area contributed by atoms with Gasteiger partial charge in [-0.2, -0.15) is 0 Å². The lowest BCUT2D eigenvalue weighted by molar-refractivity contribution is -0.115. The molecule has 0 unspecified atom stereocenters. The molecule has 1 amide bonds. The summed E-state index contributed by atoms with van der Waals surface area (Å²) in [5, 5.41) is 2.89. The van der Waals surface area contributed by atoms with Gasteiger partial charge in [-0.05, 0) is 30.2 Å². The van der Waals surface area contributed by atoms with E-state index < -0.39 is 0 Å². The molecule has 0 aliphatic heterocycles. The van der Waals surface area contributed by atoms with Gasteiger partial charge in [0.2, 0.25) is 5.91 Å². The van der Waals surface area contributed by atoms with Gasteiger partial charge in [0, 0.05) is 5.69 Å². The molecular formula is C15H15NO. The molecule has 0 aromatic heterocycles. The summed E-state index contributed by atoms with van der Waals surface area (Å²) in [6, 6.07) is 17.5. The maximum absolute atomic E-state index is 11.8. The van der Waals surface area contributed by atoms with E-state index in [2.05, 4.69) is 5.32 Å². The summed E-state index contributed by atoms with van der Waals surface area (Å²) < 4.78 is 0. The maximum Gasteiger partial charge on any atom is 0.228 e. The smallest absolute Gasteiger partial charge is 0.228 e. The van der Waals surface area contributed by atoms with Crippen LogP contribution in [0.1, 0.15) is 11.1 Å². The van der Waals surface area contributed by atoms with Crippen LogP contribution in [0.5, 0.6) is 0 Å². The monoisotopic (exact) mass is 225 g/mol. The Hall–Kier alpha value is -2.09. The van der Waals surface area contributed by atoms with Crippen LogP contribution in [0.25, 0.3) is 0 Å². The molecule has 0 aliphatic carbocycles. The second-order valence-electron chi connectivity index (χ2n) is 4.08. The van der Waals surface area contributed by atoms with Gasteiger partial charge in [-0.15, -0.1) is 0 Å². The predicted octanol–water partition coefficient (Wildman–Crippen LogP) is 3.18. The van der Waals surface area contributed by atoms with E-state index in [1.165, 1.54) is 0 Å². The molecule has 0 radical (unpaired) electrons. The number of hydrogen-bond acceptors (Lipinski definition) is 1. The molecule has 86 valence electrons. The van der Waals surface area contributed by atoms with Gasteiger partial charge in [0.05, 0.1) is 6.42 Å². The third kappa shape index (κ3) is 3.45. The zero-order chi connectivity index (χ0) is 12.1. The Morgan fingerprint density at radius 1 is 1.06 bits per heavy atom. The summed E-state index contributed by atoms with van der Waals surface area (Å²) in [5.41, 5.74) is 3.02. The average Bonchev–Trinajstić information content (AvgIpc) is 2.30. The molecule has 0 saturated heterocycles. The lowest BCUT2D eigenvalue weighted by Crippen LogP contribution is -2.14. The number of rotatable bonds is 3. The minimum atomic E-state index is 0.0156. The lowest BCUT2D eigenvalue weighted by Gasteiger charge is -2.05. The molecule has 0 atom stereocenters. The van der Waals surface area contributed by atoms with Gasteiger partial charge in [-0.25, -0.2) is 0 Å². The highest BCUT2D eigenvalue weighted by Gasteiger charge is 2.03. The molecular weight excluding hydrogens is 210 g/mol. The third-order valence-corrected chi connectivity index (χ3v) is 2.51. The van der Waals surface area contributed by atoms with Crippen molar-refractivity contribution in [3.8, 4) is 0 Å². The fourth-order valence-corrected chi connectivity index (χ4v) is 1.71. The van der Waals surface area contributed by atoms with Gasteiger partial charge in [0.25, 0.3) is 0 Å². The molecule has 1 N–H and O–H groups in total. The summed E-state index contributed by atoms with van der Waals surface area (Å²) in [5.74, 6) is 0.0156. The minimum absolute atomic E-state index is 0.0156. The van der Waals surface area contributed by atoms with E-state index in [0.717, 1.165) is 16.8 Å². The van der Waals surface area contributed by atoms with Gasteiger partial charge < -0.3 is 5.32 Å². The van der Waals surface area contributed by atoms with Crippen LogP contribution < -0.4 is 5.32 Å². The number of anilines is 1. The normalized spacial score (nSPS) is 9.94. The van der Waals surface area contributed by atoms with Crippen molar-refractivity contribution < 1.29 is 4.79 Å². The van der Waals surface area contributed by atoms with Crippen molar-refractivity contribution in [2.24, 2.45) is 0 Å². The molecule has 0 fully saturated rings. The first kappa shape index (κ1) is 11.4. The summed E-state index contributed by atoms with van der Waals surface area (Å²) in [6.07, 6.45) is 0.411. The van der Waals surface area contributed by atoms with Crippen molar-refractivity contribution >= 4 is 11.6 Å². The topological polar surface area (TPSA) is 29.1 Å². The van der Waals surface area contributed by atoms with E-state index in [-0.39, 0.29) is 5.91 Å². The van der Waals surface area contributed by atoms with E-state index in [4.69, 9.17) is 0 Å². The molecule has 2 heteroatoms. The Labute approximate surface area is 101 Å². The Morgan fingerprint density at radius 3 is 2.53 bits per heavy atom. The highest BCUT2D eigenvalue weighted by atomic mass is 16.1. The standard InChI is InChI=1S/C15H15NO/c1-12-6-5-9-14(10-12)16-15(17)11-13-7-3-2-4-8-13/h2-10H,11H2,1H3,(H,16,17). The maximum atomic E-state index is 11.8. The Morgan fingerprint density at radius 2 is 1.82 bits per heavy atom. The first-order valence-electron chi connectivity index (χ1n) is 5.64. The van der Waals surface area contributed by atoms with Crippen LogP contribution in [0.15, 0.2) is 54.6 Å². The Bertz CT molecular complexity index is 505. The number of amides is 1. The van der Waals surface area contributed by atoms with Gasteiger partial charge in [0.15, 0.2) is 0 Å². The molecule has 0 saturated carbocycles. The van der Waals surface area contributed by atoms with Gasteiger partial charge >= 0.3 is 0 Å². The van der Waals surface area contributed by atoms with Crippen LogP contribution in [0, 0.1) is 6.92 Å². The molecule has 0 aliphatic rings. The highest BCUT2D eigenvalue weighted by Crippen LogP contribution is 2.10. The zero-order valence-corrected chi connectivity index (χ0v) is 9.81. The largest absolute Gasteiger partial charge is 0.326 e. The zero-order valence-electron chi connectivity index (χ0n) is 9.81. The summed E-state index contributed by atoms with van der Waals surface area (Å²) in [6.45, 7) is 2.01. The number of benzene rings is 2. The van der Waals surface area contributed by atoms with E-state index in [0.29, 0.717) is 6.42 Å². The second kappa shape index (κ2) is 5.30. The number of carbonyl (C=O) groups excluding carboxylic acids is 1. The predicted molar refractivity (Wildman–Crippen MR) is 70.0 cm³/mol. The molecule has 0 heterocycles. The molecule has 2 aromatic rings. The van der Waals surface area contributed by atoms with E-state index in [1.807, 2.05) is 61.5 Å². The van der Waals surface area contributed by atoms with Crippen molar-refractivity contribution in [3.63, 3.8) is 0 Å². The van der Waals surface area contributed by atoms with Crippen molar-refractivity contribution in [1.82, 2.24) is 0 Å². The van der Waals surface area contributed by atoms with Crippen LogP contribution in [0.2, 0.25) is 0 Å². The number of nitrogens with one attached hydrogen (secondary N) is 1. The molecule has 2 rings (SSSR count). The molecule has 17 heavy (non-hydrogen) atoms. The summed E-state index contributed by atoms with van der Waals surface area (Å²) >= 11 is 0. The first-order valence-corrected chi connectivity index (χ1v) is 5.64. The van der Waals surface area contributed by atoms with Crippen LogP contribution in [-0.2, 0) is 11.2 Å². The van der Waals surface area contributed by atoms with Crippen molar-refractivity contribution in [1.29, 1.82) is 0 Å². The number of carbonyl (C=O) groups is 1. The van der Waals surface area contributed by atoms with Crippen LogP contribution in [0.3, 0.4) is 0 Å². The van der Waals surface area contributed by atoms with Gasteiger partial charge in [-0.1, -0.05) is 42.5 Å². The summed E-state index contributed by atoms with van der Waals surface area (Å²) in [4.78, 5) is 11.8. The molecule has 2 nitrogen and oxygen atoms in total. The van der Waals surface area contributed by atoms with E-state index >= 15 is 0 Å². The van der Waals surface area contributed by atoms with Crippen molar-refractivity contribution in [2.75, 3.05) is 5.32 Å². The Balaban J connectivity index is 1.98. The summed E-state index contributed by atoms with van der Waals surface area (Å²) in [7, 11) is 0. The van der Waals surface area contributed by atoms with E-state index in [1.54, 1.807) is 0 Å². The lowest BCUT2D eigenvalue weighted by atomic mass is 10.1. The minimum Gasteiger partial charge on any atom is -0.326 e. The van der Waals surface area contributed by atoms with Crippen molar-refractivity contribution in [2.45, 2.75) is 13.3 Å². The van der Waals surface area contributed by atoms with Crippen LogP contribution in [0.4, 0.5) is 5.69 Å². The SMILES string of the molecule is Cc1cccc(NC(=O)Cc2ccccc2)c1. The quantitative estimate of drug-likeness (QED) is 0.854. The fraction of sp³-hybridized carbons (Fsp3) is 0.133. The third-order valence-electron chi connectivity index (χ3n) is 2.51.